The number of rotatable bonds is 6. The Kier molecular flexibility index (Phi) is 5.31. The summed E-state index contributed by atoms with van der Waals surface area (Å²) in [6.45, 7) is 0.815. The van der Waals surface area contributed by atoms with Crippen LogP contribution in [0.4, 0.5) is 0 Å². The molecular weight excluding hydrogens is 308 g/mol. The molecule has 120 valence electrons. The summed E-state index contributed by atoms with van der Waals surface area (Å²) in [6.07, 6.45) is 2.43. The van der Waals surface area contributed by atoms with Gasteiger partial charge in [-0.05, 0) is 36.1 Å². The van der Waals surface area contributed by atoms with Crippen molar-refractivity contribution in [2.24, 2.45) is 0 Å². The van der Waals surface area contributed by atoms with Crippen LogP contribution in [0.5, 0.6) is 0 Å². The molecule has 1 amide bonds. The first-order chi connectivity index (χ1) is 11.2. The highest BCUT2D eigenvalue weighted by molar-refractivity contribution is 6.30. The zero-order valence-corrected chi connectivity index (χ0v) is 13.7. The molecule has 1 saturated carbocycles. The molecule has 0 spiro atoms. The van der Waals surface area contributed by atoms with Crippen LogP contribution < -0.4 is 10.6 Å². The number of carbonyl (C=O) groups excluding carboxylic acids is 1. The Labute approximate surface area is 142 Å². The second-order valence-corrected chi connectivity index (χ2v) is 6.54. The molecule has 1 aliphatic carbocycles. The summed E-state index contributed by atoms with van der Waals surface area (Å²) in [7, 11) is 0. The highest BCUT2D eigenvalue weighted by atomic mass is 35.5. The molecule has 0 heterocycles. The minimum Gasteiger partial charge on any atom is -0.353 e. The summed E-state index contributed by atoms with van der Waals surface area (Å²) < 4.78 is 0. The number of benzene rings is 2. The van der Waals surface area contributed by atoms with E-state index in [1.165, 1.54) is 5.56 Å². The van der Waals surface area contributed by atoms with Gasteiger partial charge >= 0.3 is 0 Å². The lowest BCUT2D eigenvalue weighted by atomic mass is 9.86. The van der Waals surface area contributed by atoms with E-state index in [1.807, 2.05) is 48.5 Å². The van der Waals surface area contributed by atoms with Crippen LogP contribution in [0.15, 0.2) is 54.6 Å². The molecule has 0 unspecified atom stereocenters. The van der Waals surface area contributed by atoms with E-state index in [0.29, 0.717) is 18.5 Å². The third-order valence-corrected chi connectivity index (χ3v) is 4.43. The monoisotopic (exact) mass is 328 g/mol. The lowest BCUT2D eigenvalue weighted by Gasteiger charge is -2.36. The predicted octanol–water partition coefficient (Wildman–Crippen LogP) is 3.32. The molecule has 0 atom stereocenters. The molecule has 3 rings (SSSR count). The van der Waals surface area contributed by atoms with Crippen LogP contribution in [0, 0.1) is 0 Å². The molecule has 0 bridgehead atoms. The van der Waals surface area contributed by atoms with Gasteiger partial charge in [-0.2, -0.15) is 0 Å². The molecule has 1 aliphatic rings. The minimum absolute atomic E-state index is 0.106. The van der Waals surface area contributed by atoms with Crippen molar-refractivity contribution in [2.45, 2.75) is 37.9 Å². The van der Waals surface area contributed by atoms with Crippen molar-refractivity contribution >= 4 is 17.5 Å². The molecular formula is C19H21ClN2O. The highest BCUT2D eigenvalue weighted by Gasteiger charge is 2.29. The summed E-state index contributed by atoms with van der Waals surface area (Å²) in [5, 5.41) is 7.38. The van der Waals surface area contributed by atoms with E-state index in [9.17, 15) is 4.79 Å². The molecule has 1 fully saturated rings. The zero-order chi connectivity index (χ0) is 16.1. The van der Waals surface area contributed by atoms with Gasteiger partial charge in [-0.3, -0.25) is 4.79 Å². The highest BCUT2D eigenvalue weighted by Crippen LogP contribution is 2.21. The Hall–Kier alpha value is -1.84. The van der Waals surface area contributed by atoms with Crippen molar-refractivity contribution in [1.29, 1.82) is 0 Å². The maximum absolute atomic E-state index is 12.0. The summed E-state index contributed by atoms with van der Waals surface area (Å²) in [5.41, 5.74) is 2.24. The van der Waals surface area contributed by atoms with Gasteiger partial charge in [0.05, 0.1) is 6.42 Å². The molecule has 4 heteroatoms. The van der Waals surface area contributed by atoms with E-state index in [4.69, 9.17) is 11.6 Å². The van der Waals surface area contributed by atoms with E-state index in [2.05, 4.69) is 16.7 Å². The summed E-state index contributed by atoms with van der Waals surface area (Å²) in [5.74, 6) is 0.106. The first-order valence-electron chi connectivity index (χ1n) is 8.00. The van der Waals surface area contributed by atoms with Crippen LogP contribution in [-0.2, 0) is 17.8 Å². The van der Waals surface area contributed by atoms with Crippen molar-refractivity contribution in [2.75, 3.05) is 0 Å². The second kappa shape index (κ2) is 7.62. The van der Waals surface area contributed by atoms with E-state index in [1.54, 1.807) is 0 Å². The van der Waals surface area contributed by atoms with E-state index < -0.39 is 0 Å². The maximum Gasteiger partial charge on any atom is 0.224 e. The van der Waals surface area contributed by atoms with Gasteiger partial charge in [-0.15, -0.1) is 0 Å². The molecule has 0 saturated heterocycles. The van der Waals surface area contributed by atoms with Gasteiger partial charge in [0.1, 0.15) is 0 Å². The van der Waals surface area contributed by atoms with E-state index in [0.717, 1.165) is 30.0 Å². The smallest absolute Gasteiger partial charge is 0.224 e. The third kappa shape index (κ3) is 4.81. The quantitative estimate of drug-likeness (QED) is 0.854. The molecule has 2 aromatic carbocycles. The third-order valence-electron chi connectivity index (χ3n) is 4.19. The first kappa shape index (κ1) is 16.0. The van der Waals surface area contributed by atoms with Crippen molar-refractivity contribution in [3.05, 3.63) is 70.7 Å². The average Bonchev–Trinajstić information content (AvgIpc) is 2.50. The Morgan fingerprint density at radius 2 is 1.74 bits per heavy atom. The van der Waals surface area contributed by atoms with Crippen LogP contribution in [0.25, 0.3) is 0 Å². The van der Waals surface area contributed by atoms with E-state index in [-0.39, 0.29) is 5.91 Å². The molecule has 2 aromatic rings. The van der Waals surface area contributed by atoms with Gasteiger partial charge in [-0.1, -0.05) is 54.1 Å². The number of nitrogens with one attached hydrogen (secondary N) is 2. The molecule has 2 N–H and O–H groups in total. The van der Waals surface area contributed by atoms with Gasteiger partial charge in [0.25, 0.3) is 0 Å². The fourth-order valence-electron chi connectivity index (χ4n) is 2.87. The largest absolute Gasteiger partial charge is 0.353 e. The summed E-state index contributed by atoms with van der Waals surface area (Å²) >= 11 is 5.98. The Balaban J connectivity index is 1.35. The lowest BCUT2D eigenvalue weighted by molar-refractivity contribution is -0.121. The predicted molar refractivity (Wildman–Crippen MR) is 93.4 cm³/mol. The number of halogens is 1. The number of amides is 1. The zero-order valence-electron chi connectivity index (χ0n) is 13.0. The fourth-order valence-corrected chi connectivity index (χ4v) is 3.08. The fraction of sp³-hybridized carbons (Fsp3) is 0.316. The Morgan fingerprint density at radius 3 is 2.48 bits per heavy atom. The number of hydrogen-bond acceptors (Lipinski definition) is 2. The molecule has 0 radical (unpaired) electrons. The maximum atomic E-state index is 12.0. The van der Waals surface area contributed by atoms with Crippen LogP contribution >= 0.6 is 11.6 Å². The van der Waals surface area contributed by atoms with Gasteiger partial charge in [0.15, 0.2) is 0 Å². The molecule has 23 heavy (non-hydrogen) atoms. The minimum atomic E-state index is 0.106. The van der Waals surface area contributed by atoms with Crippen LogP contribution in [0.2, 0.25) is 5.02 Å². The standard InChI is InChI=1S/C19H21ClN2O/c20-16-8-4-7-15(9-16)13-21-17-11-18(12-17)22-19(23)10-14-5-2-1-3-6-14/h1-9,17-18,21H,10-13H2,(H,22,23). The second-order valence-electron chi connectivity index (χ2n) is 6.11. The molecule has 0 aromatic heterocycles. The molecule has 0 aliphatic heterocycles. The summed E-state index contributed by atoms with van der Waals surface area (Å²) in [4.78, 5) is 12.0. The van der Waals surface area contributed by atoms with Gasteiger partial charge in [-0.25, -0.2) is 0 Å². The normalized spacial score (nSPS) is 19.9. The van der Waals surface area contributed by atoms with Crippen LogP contribution in [-0.4, -0.2) is 18.0 Å². The van der Waals surface area contributed by atoms with Crippen molar-refractivity contribution in [1.82, 2.24) is 10.6 Å². The van der Waals surface area contributed by atoms with Gasteiger partial charge < -0.3 is 10.6 Å². The van der Waals surface area contributed by atoms with Crippen molar-refractivity contribution in [3.63, 3.8) is 0 Å². The first-order valence-corrected chi connectivity index (χ1v) is 8.38. The van der Waals surface area contributed by atoms with Crippen LogP contribution in [0.3, 0.4) is 0 Å². The van der Waals surface area contributed by atoms with Gasteiger partial charge in [0.2, 0.25) is 5.91 Å². The SMILES string of the molecule is O=C(Cc1ccccc1)NC1CC(NCc2cccc(Cl)c2)C1. The van der Waals surface area contributed by atoms with Crippen molar-refractivity contribution in [3.8, 4) is 0 Å². The Bertz CT molecular complexity index is 653. The Morgan fingerprint density at radius 1 is 1.00 bits per heavy atom. The van der Waals surface area contributed by atoms with Crippen molar-refractivity contribution < 1.29 is 4.79 Å². The number of hydrogen-bond donors (Lipinski definition) is 2. The molecule has 3 nitrogen and oxygen atoms in total. The van der Waals surface area contributed by atoms with Crippen LogP contribution in [0.1, 0.15) is 24.0 Å². The summed E-state index contributed by atoms with van der Waals surface area (Å²) in [6, 6.07) is 18.5. The van der Waals surface area contributed by atoms with Gasteiger partial charge in [0, 0.05) is 23.7 Å². The topological polar surface area (TPSA) is 41.1 Å². The van der Waals surface area contributed by atoms with E-state index >= 15 is 0 Å². The lowest BCUT2D eigenvalue weighted by Crippen LogP contribution is -2.52. The average molecular weight is 329 g/mol. The number of carbonyl (C=O) groups is 1.